The lowest BCUT2D eigenvalue weighted by atomic mass is 10.1. The number of carboxylic acid groups (broad SMARTS) is 1. The number of nitrogens with zero attached hydrogens (tertiary/aromatic N) is 4. The van der Waals surface area contributed by atoms with E-state index in [1.54, 1.807) is 32.7 Å². The Morgan fingerprint density at radius 2 is 1.82 bits per heavy atom. The maximum Gasteiger partial charge on any atom is 0.410 e. The number of hydrogen-bond acceptors (Lipinski definition) is 7. The zero-order valence-corrected chi connectivity index (χ0v) is 16.5. The average molecular weight is 387 g/mol. The fraction of sp³-hybridized carbons (Fsp3) is 0.474. The second-order valence-electron chi connectivity index (χ2n) is 7.61. The van der Waals surface area contributed by atoms with Crippen molar-refractivity contribution in [2.24, 2.45) is 0 Å². The summed E-state index contributed by atoms with van der Waals surface area (Å²) in [7, 11) is 1.72. The molecule has 1 atom stereocenters. The van der Waals surface area contributed by atoms with Gasteiger partial charge in [-0.1, -0.05) is 12.1 Å². The first-order valence-electron chi connectivity index (χ1n) is 9.11. The normalized spacial score (nSPS) is 17.5. The summed E-state index contributed by atoms with van der Waals surface area (Å²) < 4.78 is 5.38. The SMILES string of the molecule is CNc1nc2ccccc2nc1N1CCN(C(=O)OC(C)(C)C)C[C@@H]1C(=O)O. The molecule has 1 aromatic carbocycles. The summed E-state index contributed by atoms with van der Waals surface area (Å²) in [5.41, 5.74) is 0.751. The number of carbonyl (C=O) groups is 2. The van der Waals surface area contributed by atoms with E-state index in [1.807, 2.05) is 24.3 Å². The summed E-state index contributed by atoms with van der Waals surface area (Å²) in [6.07, 6.45) is -0.517. The van der Waals surface area contributed by atoms with Crippen molar-refractivity contribution in [2.75, 3.05) is 36.9 Å². The van der Waals surface area contributed by atoms with Gasteiger partial charge in [0, 0.05) is 20.1 Å². The number of rotatable bonds is 3. The number of aliphatic carboxylic acids is 1. The zero-order chi connectivity index (χ0) is 20.5. The summed E-state index contributed by atoms with van der Waals surface area (Å²) in [6.45, 7) is 5.97. The Morgan fingerprint density at radius 1 is 1.18 bits per heavy atom. The largest absolute Gasteiger partial charge is 0.480 e. The van der Waals surface area contributed by atoms with Crippen LogP contribution >= 0.6 is 0 Å². The maximum atomic E-state index is 12.4. The maximum absolute atomic E-state index is 12.4. The van der Waals surface area contributed by atoms with Crippen molar-refractivity contribution in [3.8, 4) is 0 Å². The number of ether oxygens (including phenoxy) is 1. The van der Waals surface area contributed by atoms with Crippen molar-refractivity contribution >= 4 is 34.7 Å². The van der Waals surface area contributed by atoms with Gasteiger partial charge in [0.05, 0.1) is 17.6 Å². The Balaban J connectivity index is 1.91. The third kappa shape index (κ3) is 4.08. The van der Waals surface area contributed by atoms with Gasteiger partial charge in [-0.3, -0.25) is 0 Å². The van der Waals surface area contributed by atoms with Gasteiger partial charge in [-0.15, -0.1) is 0 Å². The van der Waals surface area contributed by atoms with Crippen molar-refractivity contribution in [3.63, 3.8) is 0 Å². The predicted molar refractivity (Wildman–Crippen MR) is 106 cm³/mol. The molecule has 150 valence electrons. The molecule has 2 N–H and O–H groups in total. The molecule has 9 nitrogen and oxygen atoms in total. The first-order chi connectivity index (χ1) is 13.2. The summed E-state index contributed by atoms with van der Waals surface area (Å²) in [6, 6.07) is 6.45. The van der Waals surface area contributed by atoms with Crippen LogP contribution in [0.1, 0.15) is 20.8 Å². The highest BCUT2D eigenvalue weighted by Gasteiger charge is 2.37. The second kappa shape index (κ2) is 7.49. The molecule has 0 saturated carbocycles. The Morgan fingerprint density at radius 3 is 2.39 bits per heavy atom. The number of hydrogen-bond donors (Lipinski definition) is 2. The Hall–Kier alpha value is -3.10. The number of carboxylic acids is 1. The number of piperazine rings is 1. The molecule has 2 aromatic rings. The third-order valence-electron chi connectivity index (χ3n) is 4.38. The Kier molecular flexibility index (Phi) is 5.26. The quantitative estimate of drug-likeness (QED) is 0.825. The summed E-state index contributed by atoms with van der Waals surface area (Å²) in [5.74, 6) is -0.0848. The lowest BCUT2D eigenvalue weighted by Gasteiger charge is -2.40. The molecule has 1 fully saturated rings. The molecule has 0 bridgehead atoms. The predicted octanol–water partition coefficient (Wildman–Crippen LogP) is 2.18. The van der Waals surface area contributed by atoms with Gasteiger partial charge in [0.25, 0.3) is 0 Å². The summed E-state index contributed by atoms with van der Waals surface area (Å²) in [4.78, 5) is 36.6. The van der Waals surface area contributed by atoms with E-state index in [0.29, 0.717) is 30.2 Å². The minimum Gasteiger partial charge on any atom is -0.480 e. The van der Waals surface area contributed by atoms with Crippen LogP contribution in [-0.2, 0) is 9.53 Å². The van der Waals surface area contributed by atoms with Gasteiger partial charge in [-0.2, -0.15) is 0 Å². The number of anilines is 2. The molecule has 28 heavy (non-hydrogen) atoms. The molecule has 1 aliphatic rings. The van der Waals surface area contributed by atoms with Crippen molar-refractivity contribution in [2.45, 2.75) is 32.4 Å². The van der Waals surface area contributed by atoms with Crippen molar-refractivity contribution in [1.29, 1.82) is 0 Å². The number of aromatic nitrogens is 2. The molecule has 1 aliphatic heterocycles. The Bertz CT molecular complexity index is 896. The molecule has 9 heteroatoms. The van der Waals surface area contributed by atoms with Crippen LogP contribution in [0.5, 0.6) is 0 Å². The van der Waals surface area contributed by atoms with E-state index < -0.39 is 23.7 Å². The molecule has 3 rings (SSSR count). The van der Waals surface area contributed by atoms with Crippen molar-refractivity contribution in [1.82, 2.24) is 14.9 Å². The number of para-hydroxylation sites is 2. The molecular formula is C19H25N5O4. The van der Waals surface area contributed by atoms with Crippen LogP contribution in [-0.4, -0.2) is 70.4 Å². The van der Waals surface area contributed by atoms with E-state index in [-0.39, 0.29) is 6.54 Å². The first-order valence-corrected chi connectivity index (χ1v) is 9.11. The smallest absolute Gasteiger partial charge is 0.410 e. The minimum atomic E-state index is -1.04. The zero-order valence-electron chi connectivity index (χ0n) is 16.5. The molecule has 0 spiro atoms. The highest BCUT2D eigenvalue weighted by molar-refractivity contribution is 5.85. The van der Waals surface area contributed by atoms with E-state index in [9.17, 15) is 14.7 Å². The van der Waals surface area contributed by atoms with Gasteiger partial charge >= 0.3 is 12.1 Å². The third-order valence-corrected chi connectivity index (χ3v) is 4.38. The molecule has 0 radical (unpaired) electrons. The number of nitrogens with one attached hydrogen (secondary N) is 1. The van der Waals surface area contributed by atoms with E-state index in [1.165, 1.54) is 4.90 Å². The summed E-state index contributed by atoms with van der Waals surface area (Å²) >= 11 is 0. The topological polar surface area (TPSA) is 108 Å². The van der Waals surface area contributed by atoms with E-state index in [0.717, 1.165) is 5.52 Å². The fourth-order valence-corrected chi connectivity index (χ4v) is 3.10. The Labute approximate surface area is 163 Å². The number of amides is 1. The molecule has 2 heterocycles. The van der Waals surface area contributed by atoms with Crippen LogP contribution in [0.4, 0.5) is 16.4 Å². The lowest BCUT2D eigenvalue weighted by molar-refractivity contribution is -0.139. The van der Waals surface area contributed by atoms with Gasteiger partial charge in [0.2, 0.25) is 0 Å². The summed E-state index contributed by atoms with van der Waals surface area (Å²) in [5, 5.41) is 12.8. The number of carbonyl (C=O) groups excluding carboxylic acids is 1. The van der Waals surface area contributed by atoms with Gasteiger partial charge < -0.3 is 25.0 Å². The molecule has 1 amide bonds. The average Bonchev–Trinajstić information content (AvgIpc) is 2.65. The molecule has 1 saturated heterocycles. The van der Waals surface area contributed by atoms with Crippen LogP contribution in [0.3, 0.4) is 0 Å². The number of benzene rings is 1. The van der Waals surface area contributed by atoms with Gasteiger partial charge in [-0.25, -0.2) is 19.6 Å². The van der Waals surface area contributed by atoms with E-state index in [2.05, 4.69) is 15.3 Å². The van der Waals surface area contributed by atoms with Crippen LogP contribution < -0.4 is 10.2 Å². The fourth-order valence-electron chi connectivity index (χ4n) is 3.10. The second-order valence-corrected chi connectivity index (χ2v) is 7.61. The molecule has 0 unspecified atom stereocenters. The highest BCUT2D eigenvalue weighted by atomic mass is 16.6. The van der Waals surface area contributed by atoms with Gasteiger partial charge in [-0.05, 0) is 32.9 Å². The van der Waals surface area contributed by atoms with Gasteiger partial charge in [0.15, 0.2) is 11.6 Å². The van der Waals surface area contributed by atoms with Crippen LogP contribution in [0.15, 0.2) is 24.3 Å². The van der Waals surface area contributed by atoms with Crippen LogP contribution in [0.2, 0.25) is 0 Å². The first kappa shape index (κ1) is 19.7. The minimum absolute atomic E-state index is 0.00189. The van der Waals surface area contributed by atoms with Crippen molar-refractivity contribution < 1.29 is 19.4 Å². The molecule has 0 aliphatic carbocycles. The van der Waals surface area contributed by atoms with Crippen LogP contribution in [0, 0.1) is 0 Å². The van der Waals surface area contributed by atoms with E-state index in [4.69, 9.17) is 4.74 Å². The van der Waals surface area contributed by atoms with Crippen molar-refractivity contribution in [3.05, 3.63) is 24.3 Å². The van der Waals surface area contributed by atoms with E-state index >= 15 is 0 Å². The van der Waals surface area contributed by atoms with Crippen LogP contribution in [0.25, 0.3) is 11.0 Å². The van der Waals surface area contributed by atoms with Gasteiger partial charge in [0.1, 0.15) is 11.6 Å². The molecular weight excluding hydrogens is 362 g/mol. The standard InChI is InChI=1S/C19H25N5O4/c1-19(2,3)28-18(27)23-9-10-24(14(11-23)17(25)26)16-15(20-4)21-12-7-5-6-8-13(12)22-16/h5-8,14H,9-11H2,1-4H3,(H,20,21)(H,25,26)/t14-/m1/s1. The monoisotopic (exact) mass is 387 g/mol. The lowest BCUT2D eigenvalue weighted by Crippen LogP contribution is -2.58. The number of fused-ring (bicyclic) bond motifs is 1. The highest BCUT2D eigenvalue weighted by Crippen LogP contribution is 2.28. The molecule has 1 aromatic heterocycles.